The highest BCUT2D eigenvalue weighted by atomic mass is 16.7. The summed E-state index contributed by atoms with van der Waals surface area (Å²) < 4.78 is 22.5. The Balaban J connectivity index is 2.13. The van der Waals surface area contributed by atoms with Gasteiger partial charge in [0.1, 0.15) is 0 Å². The maximum Gasteiger partial charge on any atom is 0.513 e. The van der Waals surface area contributed by atoms with Gasteiger partial charge in [0.2, 0.25) is 0 Å². The van der Waals surface area contributed by atoms with Crippen LogP contribution in [0.2, 0.25) is 0 Å². The minimum Gasteiger partial charge on any atom is -0.434 e. The molecule has 194 valence electrons. The molecule has 0 amide bonds. The van der Waals surface area contributed by atoms with Crippen LogP contribution in [-0.4, -0.2) is 25.5 Å². The second-order valence-corrected chi connectivity index (χ2v) is 8.86. The Hall–Kier alpha value is -3.28. The Morgan fingerprint density at radius 2 is 1.03 bits per heavy atom. The van der Waals surface area contributed by atoms with Crippen molar-refractivity contribution in [3.63, 3.8) is 0 Å². The summed E-state index contributed by atoms with van der Waals surface area (Å²) in [7, 11) is 0. The van der Waals surface area contributed by atoms with Crippen molar-refractivity contribution < 1.29 is 28.5 Å². The summed E-state index contributed by atoms with van der Waals surface area (Å²) in [6.07, 6.45) is 5.58. The van der Waals surface area contributed by atoms with Crippen LogP contribution in [-0.2, 0) is 22.3 Å². The number of hydrogen-bond donors (Lipinski definition) is 0. The molecule has 0 aromatic heterocycles. The van der Waals surface area contributed by atoms with Crippen LogP contribution in [0, 0.1) is 0 Å². The topological polar surface area (TPSA) is 71.1 Å². The molecule has 3 aromatic carbocycles. The van der Waals surface area contributed by atoms with Crippen molar-refractivity contribution in [3.8, 4) is 11.5 Å². The third kappa shape index (κ3) is 6.48. The molecule has 36 heavy (non-hydrogen) atoms. The Morgan fingerprint density at radius 3 is 1.39 bits per heavy atom. The zero-order valence-electron chi connectivity index (χ0n) is 22.0. The maximum absolute atomic E-state index is 12.7. The van der Waals surface area contributed by atoms with Gasteiger partial charge in [-0.3, -0.25) is 0 Å². The number of carbonyl (C=O) groups is 2. The Labute approximate surface area is 213 Å². The van der Waals surface area contributed by atoms with Crippen molar-refractivity contribution in [3.05, 3.63) is 47.5 Å². The second kappa shape index (κ2) is 13.7. The van der Waals surface area contributed by atoms with E-state index >= 15 is 0 Å². The summed E-state index contributed by atoms with van der Waals surface area (Å²) in [6, 6.07) is 11.6. The molecule has 0 atom stereocenters. The fraction of sp³-hybridized carbons (Fsp3) is 0.467. The number of hydrogen-bond acceptors (Lipinski definition) is 6. The van der Waals surface area contributed by atoms with E-state index in [1.54, 1.807) is 0 Å². The standard InChI is InChI=1S/C30H38O6/c1-5-9-11-19-33-29(31)35-27-23-17-13-16-22(8-4)26(23)28(36-30(32)34-20-12-10-6-2)24-18-14-15-21(7-3)25(24)27/h13-18H,5-12,19-20H2,1-4H3. The van der Waals surface area contributed by atoms with Crippen LogP contribution < -0.4 is 9.47 Å². The molecule has 0 aliphatic rings. The first kappa shape index (κ1) is 27.3. The van der Waals surface area contributed by atoms with Gasteiger partial charge in [-0.15, -0.1) is 0 Å². The van der Waals surface area contributed by atoms with Gasteiger partial charge in [0.25, 0.3) is 0 Å². The van der Waals surface area contributed by atoms with Crippen molar-refractivity contribution in [1.29, 1.82) is 0 Å². The number of carbonyl (C=O) groups excluding carboxylic acids is 2. The molecule has 0 saturated carbocycles. The lowest BCUT2D eigenvalue weighted by atomic mass is 9.93. The summed E-state index contributed by atoms with van der Waals surface area (Å²) in [5.74, 6) is 0.855. The first-order chi connectivity index (χ1) is 17.5. The molecule has 0 radical (unpaired) electrons. The average Bonchev–Trinajstić information content (AvgIpc) is 2.90. The normalized spacial score (nSPS) is 11.0. The van der Waals surface area contributed by atoms with E-state index in [9.17, 15) is 9.59 Å². The number of fused-ring (bicyclic) bond motifs is 2. The molecule has 0 saturated heterocycles. The molecular weight excluding hydrogens is 456 g/mol. The predicted octanol–water partition coefficient (Wildman–Crippen LogP) is 8.53. The van der Waals surface area contributed by atoms with Gasteiger partial charge in [-0.2, -0.15) is 0 Å². The highest BCUT2D eigenvalue weighted by Crippen LogP contribution is 2.46. The number of unbranched alkanes of at least 4 members (excludes halogenated alkanes) is 4. The Morgan fingerprint density at radius 1 is 0.611 bits per heavy atom. The highest BCUT2D eigenvalue weighted by molar-refractivity contribution is 6.14. The van der Waals surface area contributed by atoms with E-state index in [0.717, 1.165) is 60.4 Å². The first-order valence-electron chi connectivity index (χ1n) is 13.2. The van der Waals surface area contributed by atoms with Crippen LogP contribution in [0.3, 0.4) is 0 Å². The molecule has 0 N–H and O–H groups in total. The van der Waals surface area contributed by atoms with Gasteiger partial charge in [-0.1, -0.05) is 89.8 Å². The Kier molecular flexibility index (Phi) is 10.4. The molecule has 3 rings (SSSR count). The molecular formula is C30H38O6. The molecule has 0 aliphatic heterocycles. The lowest BCUT2D eigenvalue weighted by Gasteiger charge is -2.19. The van der Waals surface area contributed by atoms with Gasteiger partial charge >= 0.3 is 12.3 Å². The fourth-order valence-electron chi connectivity index (χ4n) is 4.43. The van der Waals surface area contributed by atoms with Gasteiger partial charge < -0.3 is 18.9 Å². The van der Waals surface area contributed by atoms with Crippen molar-refractivity contribution in [2.75, 3.05) is 13.2 Å². The van der Waals surface area contributed by atoms with Crippen LogP contribution in [0.1, 0.15) is 77.3 Å². The van der Waals surface area contributed by atoms with Gasteiger partial charge in [-0.25, -0.2) is 9.59 Å². The van der Waals surface area contributed by atoms with Crippen LogP contribution in [0.15, 0.2) is 36.4 Å². The molecule has 6 nitrogen and oxygen atoms in total. The van der Waals surface area contributed by atoms with E-state index < -0.39 is 12.3 Å². The minimum atomic E-state index is -0.731. The second-order valence-electron chi connectivity index (χ2n) is 8.86. The van der Waals surface area contributed by atoms with Gasteiger partial charge in [-0.05, 0) is 36.8 Å². The summed E-state index contributed by atoms with van der Waals surface area (Å²) in [4.78, 5) is 25.4. The van der Waals surface area contributed by atoms with E-state index in [-0.39, 0.29) is 0 Å². The molecule has 3 aromatic rings. The maximum atomic E-state index is 12.7. The number of ether oxygens (including phenoxy) is 4. The highest BCUT2D eigenvalue weighted by Gasteiger charge is 2.24. The predicted molar refractivity (Wildman–Crippen MR) is 143 cm³/mol. The minimum absolute atomic E-state index is 0.314. The van der Waals surface area contributed by atoms with Gasteiger partial charge in [0.15, 0.2) is 11.5 Å². The number of benzene rings is 3. The molecule has 0 aliphatic carbocycles. The Bertz CT molecular complexity index is 1090. The van der Waals surface area contributed by atoms with Gasteiger partial charge in [0.05, 0.1) is 13.2 Å². The number of aryl methyl sites for hydroxylation is 2. The SMILES string of the molecule is CCCCCOC(=O)Oc1c2cccc(CC)c2c(OC(=O)OCCCCC)c2cccc(CC)c12. The number of rotatable bonds is 12. The van der Waals surface area contributed by atoms with E-state index in [0.29, 0.717) is 48.3 Å². The first-order valence-corrected chi connectivity index (χ1v) is 13.2. The quantitative estimate of drug-likeness (QED) is 0.109. The summed E-state index contributed by atoms with van der Waals surface area (Å²) in [5, 5.41) is 2.86. The summed E-state index contributed by atoms with van der Waals surface area (Å²) >= 11 is 0. The molecule has 0 unspecified atom stereocenters. The van der Waals surface area contributed by atoms with E-state index in [1.807, 2.05) is 50.2 Å². The lowest BCUT2D eigenvalue weighted by molar-refractivity contribution is 0.0966. The van der Waals surface area contributed by atoms with E-state index in [4.69, 9.17) is 18.9 Å². The van der Waals surface area contributed by atoms with Crippen molar-refractivity contribution >= 4 is 33.9 Å². The molecule has 0 bridgehead atoms. The van der Waals surface area contributed by atoms with Crippen LogP contribution in [0.25, 0.3) is 21.5 Å². The monoisotopic (exact) mass is 494 g/mol. The van der Waals surface area contributed by atoms with E-state index in [2.05, 4.69) is 13.8 Å². The van der Waals surface area contributed by atoms with Crippen molar-refractivity contribution in [1.82, 2.24) is 0 Å². The molecule has 0 heterocycles. The summed E-state index contributed by atoms with van der Waals surface area (Å²) in [6.45, 7) is 8.90. The van der Waals surface area contributed by atoms with Crippen molar-refractivity contribution in [2.24, 2.45) is 0 Å². The fourth-order valence-corrected chi connectivity index (χ4v) is 4.43. The smallest absolute Gasteiger partial charge is 0.434 e. The molecule has 0 spiro atoms. The molecule has 0 fully saturated rings. The van der Waals surface area contributed by atoms with Crippen molar-refractivity contribution in [2.45, 2.75) is 79.1 Å². The molecule has 6 heteroatoms. The zero-order valence-corrected chi connectivity index (χ0v) is 22.0. The third-order valence-electron chi connectivity index (χ3n) is 6.31. The third-order valence-corrected chi connectivity index (χ3v) is 6.31. The zero-order chi connectivity index (χ0) is 25.9. The summed E-state index contributed by atoms with van der Waals surface area (Å²) in [5.41, 5.74) is 1.96. The average molecular weight is 495 g/mol. The largest absolute Gasteiger partial charge is 0.513 e. The van der Waals surface area contributed by atoms with Crippen LogP contribution >= 0.6 is 0 Å². The van der Waals surface area contributed by atoms with Gasteiger partial charge in [0, 0.05) is 21.5 Å². The van der Waals surface area contributed by atoms with E-state index in [1.165, 1.54) is 0 Å². The lowest BCUT2D eigenvalue weighted by Crippen LogP contribution is -2.14. The van der Waals surface area contributed by atoms with Crippen LogP contribution in [0.5, 0.6) is 11.5 Å². The van der Waals surface area contributed by atoms with Crippen LogP contribution in [0.4, 0.5) is 9.59 Å².